The van der Waals surface area contributed by atoms with Crippen LogP contribution in [0.25, 0.3) is 6.08 Å². The number of hydrogen-bond acceptors (Lipinski definition) is 3. The number of carbonyl (C=O) groups is 1. The van der Waals surface area contributed by atoms with Crippen LogP contribution in [-0.4, -0.2) is 35.1 Å². The Morgan fingerprint density at radius 2 is 2.35 bits per heavy atom. The Hall–Kier alpha value is -0.840. The molecule has 1 aliphatic carbocycles. The molecule has 1 heterocycles. The molecule has 0 unspecified atom stereocenters. The molecule has 1 fully saturated rings. The Labute approximate surface area is 109 Å². The van der Waals surface area contributed by atoms with Crippen molar-refractivity contribution in [2.75, 3.05) is 13.2 Å². The highest BCUT2D eigenvalue weighted by molar-refractivity contribution is 7.17. The van der Waals surface area contributed by atoms with Crippen molar-refractivity contribution in [3.63, 3.8) is 0 Å². The summed E-state index contributed by atoms with van der Waals surface area (Å²) < 4.78 is 0.714. The van der Waals surface area contributed by atoms with E-state index in [1.807, 2.05) is 12.1 Å². The number of hydrogen-bond donors (Lipinski definition) is 1. The number of amides is 1. The second-order valence-corrected chi connectivity index (χ2v) is 5.71. The van der Waals surface area contributed by atoms with Gasteiger partial charge in [-0.15, -0.1) is 11.3 Å². The van der Waals surface area contributed by atoms with Crippen molar-refractivity contribution < 1.29 is 9.90 Å². The summed E-state index contributed by atoms with van der Waals surface area (Å²) in [5.41, 5.74) is 0. The summed E-state index contributed by atoms with van der Waals surface area (Å²) in [5.74, 6) is -0.0360. The van der Waals surface area contributed by atoms with Gasteiger partial charge in [0.2, 0.25) is 5.91 Å². The minimum Gasteiger partial charge on any atom is -0.395 e. The Bertz CT molecular complexity index is 426. The zero-order valence-corrected chi connectivity index (χ0v) is 10.9. The summed E-state index contributed by atoms with van der Waals surface area (Å²) >= 11 is 7.24. The molecule has 0 saturated heterocycles. The lowest BCUT2D eigenvalue weighted by molar-refractivity contribution is -0.127. The molecule has 1 aromatic rings. The first-order valence-corrected chi connectivity index (χ1v) is 6.75. The molecule has 92 valence electrons. The summed E-state index contributed by atoms with van der Waals surface area (Å²) in [7, 11) is 0. The van der Waals surface area contributed by atoms with E-state index in [9.17, 15) is 4.79 Å². The van der Waals surface area contributed by atoms with E-state index >= 15 is 0 Å². The van der Waals surface area contributed by atoms with Crippen LogP contribution in [0.1, 0.15) is 17.7 Å². The molecule has 0 aliphatic heterocycles. The summed E-state index contributed by atoms with van der Waals surface area (Å²) in [5, 5.41) is 8.92. The van der Waals surface area contributed by atoms with Gasteiger partial charge in [-0.3, -0.25) is 4.79 Å². The van der Waals surface area contributed by atoms with Gasteiger partial charge in [-0.25, -0.2) is 0 Å². The molecule has 0 atom stereocenters. The number of rotatable bonds is 5. The van der Waals surface area contributed by atoms with E-state index in [-0.39, 0.29) is 12.5 Å². The second kappa shape index (κ2) is 5.67. The quantitative estimate of drug-likeness (QED) is 0.836. The van der Waals surface area contributed by atoms with Gasteiger partial charge >= 0.3 is 0 Å². The fraction of sp³-hybridized carbons (Fsp3) is 0.417. The molecule has 2 rings (SSSR count). The first-order valence-electron chi connectivity index (χ1n) is 5.55. The number of aliphatic hydroxyl groups excluding tert-OH is 1. The summed E-state index contributed by atoms with van der Waals surface area (Å²) in [6, 6.07) is 4.01. The lowest BCUT2D eigenvalue weighted by atomic mass is 10.3. The van der Waals surface area contributed by atoms with Gasteiger partial charge in [0.1, 0.15) is 0 Å². The maximum absolute atomic E-state index is 11.9. The third-order valence-corrected chi connectivity index (χ3v) is 3.79. The lowest BCUT2D eigenvalue weighted by Gasteiger charge is -2.19. The van der Waals surface area contributed by atoms with Crippen molar-refractivity contribution in [1.29, 1.82) is 0 Å². The third-order valence-electron chi connectivity index (χ3n) is 2.60. The summed E-state index contributed by atoms with van der Waals surface area (Å²) in [6.45, 7) is 0.431. The van der Waals surface area contributed by atoms with E-state index in [4.69, 9.17) is 16.7 Å². The van der Waals surface area contributed by atoms with E-state index in [1.54, 1.807) is 17.1 Å². The molecule has 1 aliphatic rings. The van der Waals surface area contributed by atoms with Gasteiger partial charge < -0.3 is 10.0 Å². The van der Waals surface area contributed by atoms with Crippen LogP contribution in [0.2, 0.25) is 4.34 Å². The number of carbonyl (C=O) groups excluding carboxylic acids is 1. The topological polar surface area (TPSA) is 40.5 Å². The zero-order chi connectivity index (χ0) is 12.3. The Kier molecular flexibility index (Phi) is 4.20. The molecule has 1 N–H and O–H groups in total. The van der Waals surface area contributed by atoms with Gasteiger partial charge in [-0.1, -0.05) is 11.6 Å². The van der Waals surface area contributed by atoms with Crippen molar-refractivity contribution in [2.45, 2.75) is 18.9 Å². The maximum atomic E-state index is 11.9. The smallest absolute Gasteiger partial charge is 0.246 e. The minimum atomic E-state index is -0.0360. The van der Waals surface area contributed by atoms with Crippen LogP contribution in [0, 0.1) is 0 Å². The van der Waals surface area contributed by atoms with E-state index in [2.05, 4.69) is 0 Å². The third kappa shape index (κ3) is 3.56. The van der Waals surface area contributed by atoms with E-state index in [1.165, 1.54) is 11.3 Å². The van der Waals surface area contributed by atoms with Gasteiger partial charge in [0, 0.05) is 23.5 Å². The van der Waals surface area contributed by atoms with Crippen LogP contribution in [-0.2, 0) is 4.79 Å². The lowest BCUT2D eigenvalue weighted by Crippen LogP contribution is -2.34. The van der Waals surface area contributed by atoms with Gasteiger partial charge in [-0.05, 0) is 31.1 Å². The molecule has 1 aromatic heterocycles. The molecule has 0 aromatic carbocycles. The number of nitrogens with zero attached hydrogens (tertiary/aromatic N) is 1. The normalized spacial score (nSPS) is 15.4. The molecular weight excluding hydrogens is 258 g/mol. The molecule has 3 nitrogen and oxygen atoms in total. The van der Waals surface area contributed by atoms with E-state index < -0.39 is 0 Å². The predicted octanol–water partition coefficient (Wildman–Crippen LogP) is 2.40. The monoisotopic (exact) mass is 271 g/mol. The fourth-order valence-corrected chi connectivity index (χ4v) is 2.60. The molecule has 1 amide bonds. The van der Waals surface area contributed by atoms with Gasteiger partial charge in [-0.2, -0.15) is 0 Å². The van der Waals surface area contributed by atoms with Crippen molar-refractivity contribution in [3.8, 4) is 0 Å². The van der Waals surface area contributed by atoms with Crippen molar-refractivity contribution in [3.05, 3.63) is 27.4 Å². The van der Waals surface area contributed by atoms with Crippen LogP contribution in [0.15, 0.2) is 18.2 Å². The highest BCUT2D eigenvalue weighted by atomic mass is 35.5. The standard InChI is InChI=1S/C12H14ClNO2S/c13-11-5-3-10(17-11)4-6-12(16)14(7-8-15)9-1-2-9/h3-6,9,15H,1-2,7-8H2/b6-4+. The van der Waals surface area contributed by atoms with Gasteiger partial charge in [0.05, 0.1) is 10.9 Å². The fourth-order valence-electron chi connectivity index (χ4n) is 1.63. The zero-order valence-electron chi connectivity index (χ0n) is 9.30. The minimum absolute atomic E-state index is 0.0148. The molecule has 17 heavy (non-hydrogen) atoms. The molecule has 5 heteroatoms. The van der Waals surface area contributed by atoms with E-state index in [0.29, 0.717) is 16.9 Å². The van der Waals surface area contributed by atoms with Crippen LogP contribution in [0.5, 0.6) is 0 Å². The Morgan fingerprint density at radius 1 is 1.59 bits per heavy atom. The largest absolute Gasteiger partial charge is 0.395 e. The first kappa shape index (κ1) is 12.6. The van der Waals surface area contributed by atoms with Gasteiger partial charge in [0.25, 0.3) is 0 Å². The van der Waals surface area contributed by atoms with Crippen LogP contribution >= 0.6 is 22.9 Å². The van der Waals surface area contributed by atoms with Crippen LogP contribution in [0.3, 0.4) is 0 Å². The number of thiophene rings is 1. The average molecular weight is 272 g/mol. The Morgan fingerprint density at radius 3 is 2.88 bits per heavy atom. The number of aliphatic hydroxyl groups is 1. The highest BCUT2D eigenvalue weighted by Gasteiger charge is 2.30. The summed E-state index contributed by atoms with van der Waals surface area (Å²) in [6.07, 6.45) is 5.41. The van der Waals surface area contributed by atoms with E-state index in [0.717, 1.165) is 17.7 Å². The molecule has 0 radical (unpaired) electrons. The SMILES string of the molecule is O=C(/C=C/c1ccc(Cl)s1)N(CCO)C1CC1. The summed E-state index contributed by atoms with van der Waals surface area (Å²) in [4.78, 5) is 14.6. The highest BCUT2D eigenvalue weighted by Crippen LogP contribution is 2.27. The van der Waals surface area contributed by atoms with Crippen molar-refractivity contribution >= 4 is 34.9 Å². The molecule has 0 bridgehead atoms. The van der Waals surface area contributed by atoms with Crippen molar-refractivity contribution in [1.82, 2.24) is 4.90 Å². The molecule has 1 saturated carbocycles. The predicted molar refractivity (Wildman–Crippen MR) is 70.2 cm³/mol. The molecular formula is C12H14ClNO2S. The average Bonchev–Trinajstić information content (AvgIpc) is 3.06. The number of halogens is 1. The Balaban J connectivity index is 1.96. The first-order chi connectivity index (χ1) is 8.20. The van der Waals surface area contributed by atoms with Crippen LogP contribution < -0.4 is 0 Å². The maximum Gasteiger partial charge on any atom is 0.246 e. The van der Waals surface area contributed by atoms with Gasteiger partial charge in [0.15, 0.2) is 0 Å². The van der Waals surface area contributed by atoms with Crippen LogP contribution in [0.4, 0.5) is 0 Å². The van der Waals surface area contributed by atoms with Crippen molar-refractivity contribution in [2.24, 2.45) is 0 Å². The molecule has 0 spiro atoms. The second-order valence-electron chi connectivity index (χ2n) is 3.96.